The molecule has 2 aliphatic rings. The van der Waals surface area contributed by atoms with Crippen LogP contribution in [0.3, 0.4) is 0 Å². The summed E-state index contributed by atoms with van der Waals surface area (Å²) >= 11 is 13.1. The van der Waals surface area contributed by atoms with Crippen molar-refractivity contribution in [2.45, 2.75) is 6.54 Å². The Morgan fingerprint density at radius 2 is 1.68 bits per heavy atom. The number of methoxy groups -OCH3 is 1. The Bertz CT molecular complexity index is 1730. The largest absolute Gasteiger partial charge is 0.497 e. The average molecular weight is 604 g/mol. The molecule has 2 aromatic carbocycles. The number of hydrogen-bond acceptors (Lipinski definition) is 8. The van der Waals surface area contributed by atoms with Crippen molar-refractivity contribution in [3.63, 3.8) is 0 Å². The van der Waals surface area contributed by atoms with Gasteiger partial charge >= 0.3 is 0 Å². The van der Waals surface area contributed by atoms with Crippen molar-refractivity contribution >= 4 is 69.0 Å². The highest BCUT2D eigenvalue weighted by atomic mass is 35.5. The number of nitrogens with zero attached hydrogens (tertiary/aromatic N) is 5. The third-order valence-electron chi connectivity index (χ3n) is 7.20. The molecule has 4 aromatic rings. The molecule has 0 aliphatic carbocycles. The normalized spacial score (nSPS) is 16.7. The summed E-state index contributed by atoms with van der Waals surface area (Å²) in [6.07, 6.45) is 3.34. The first-order valence-electron chi connectivity index (χ1n) is 13.1. The Balaban J connectivity index is 1.31. The summed E-state index contributed by atoms with van der Waals surface area (Å²) in [6.45, 7) is 3.09. The molecule has 0 N–H and O–H groups in total. The minimum atomic E-state index is -0.257. The summed E-state index contributed by atoms with van der Waals surface area (Å²) in [5, 5.41) is 0.568. The van der Waals surface area contributed by atoms with Gasteiger partial charge in [0.2, 0.25) is 0 Å². The molecule has 0 radical (unpaired) electrons. The lowest BCUT2D eigenvalue weighted by Gasteiger charge is -2.37. The molecular formula is C30H26ClN5O3S2. The van der Waals surface area contributed by atoms with Gasteiger partial charge in [0.15, 0.2) is 0 Å². The Morgan fingerprint density at radius 3 is 2.41 bits per heavy atom. The van der Waals surface area contributed by atoms with E-state index in [1.807, 2.05) is 54.6 Å². The molecule has 2 fully saturated rings. The lowest BCUT2D eigenvalue weighted by atomic mass is 10.2. The van der Waals surface area contributed by atoms with Gasteiger partial charge in [0, 0.05) is 43.1 Å². The molecule has 1 amide bonds. The van der Waals surface area contributed by atoms with Crippen LogP contribution >= 0.6 is 35.6 Å². The number of carbonyl (C=O) groups excluding carboxylic acids is 1. The quantitative estimate of drug-likeness (QED) is 0.223. The van der Waals surface area contributed by atoms with E-state index in [-0.39, 0.29) is 18.0 Å². The summed E-state index contributed by atoms with van der Waals surface area (Å²) in [7, 11) is 1.65. The zero-order chi connectivity index (χ0) is 28.5. The number of piperazine rings is 1. The number of pyridine rings is 1. The van der Waals surface area contributed by atoms with E-state index < -0.39 is 0 Å². The number of carbonyl (C=O) groups is 1. The highest BCUT2D eigenvalue weighted by Crippen LogP contribution is 2.35. The van der Waals surface area contributed by atoms with Crippen molar-refractivity contribution in [1.29, 1.82) is 0 Å². The van der Waals surface area contributed by atoms with Crippen molar-refractivity contribution < 1.29 is 9.53 Å². The lowest BCUT2D eigenvalue weighted by Crippen LogP contribution is -2.47. The summed E-state index contributed by atoms with van der Waals surface area (Å²) in [6, 6.07) is 20.8. The van der Waals surface area contributed by atoms with Gasteiger partial charge in [-0.25, -0.2) is 4.98 Å². The van der Waals surface area contributed by atoms with Crippen LogP contribution in [0.2, 0.25) is 5.02 Å². The maximum Gasteiger partial charge on any atom is 0.267 e. The van der Waals surface area contributed by atoms with Gasteiger partial charge in [-0.1, -0.05) is 59.8 Å². The minimum absolute atomic E-state index is 0.237. The van der Waals surface area contributed by atoms with Gasteiger partial charge < -0.3 is 14.5 Å². The predicted molar refractivity (Wildman–Crippen MR) is 169 cm³/mol. The number of rotatable bonds is 6. The van der Waals surface area contributed by atoms with E-state index in [1.165, 1.54) is 21.1 Å². The third-order valence-corrected chi connectivity index (χ3v) is 8.95. The van der Waals surface area contributed by atoms with E-state index >= 15 is 0 Å². The number of thioether (sulfide) groups is 1. The Kier molecular flexibility index (Phi) is 7.70. The molecule has 8 nitrogen and oxygen atoms in total. The fraction of sp³-hybridized carbons (Fsp3) is 0.200. The van der Waals surface area contributed by atoms with Crippen LogP contribution in [0, 0.1) is 0 Å². The van der Waals surface area contributed by atoms with Crippen molar-refractivity contribution in [2.75, 3.05) is 43.1 Å². The van der Waals surface area contributed by atoms with Gasteiger partial charge in [-0.05, 0) is 54.1 Å². The number of fused-ring (bicyclic) bond motifs is 1. The molecule has 4 heterocycles. The van der Waals surface area contributed by atoms with E-state index in [0.29, 0.717) is 44.4 Å². The van der Waals surface area contributed by atoms with Crippen LogP contribution in [-0.2, 0) is 11.3 Å². The number of halogens is 1. The van der Waals surface area contributed by atoms with Gasteiger partial charge in [0.25, 0.3) is 11.5 Å². The second kappa shape index (κ2) is 11.6. The molecular weight excluding hydrogens is 578 g/mol. The van der Waals surface area contributed by atoms with E-state index in [9.17, 15) is 9.59 Å². The van der Waals surface area contributed by atoms with Gasteiger partial charge in [-0.2, -0.15) is 0 Å². The number of hydrogen-bond donors (Lipinski definition) is 0. The van der Waals surface area contributed by atoms with Gasteiger partial charge in [0.1, 0.15) is 21.5 Å². The molecule has 0 unspecified atom stereocenters. The summed E-state index contributed by atoms with van der Waals surface area (Å²) in [4.78, 5) is 38.5. The maximum absolute atomic E-state index is 13.8. The number of aromatic nitrogens is 2. The molecule has 41 heavy (non-hydrogen) atoms. The van der Waals surface area contributed by atoms with E-state index in [1.54, 1.807) is 31.5 Å². The molecule has 0 spiro atoms. The maximum atomic E-state index is 13.8. The SMILES string of the molecule is COc1ccc(N2CCN(c3nc4ccccn4c(=O)c3C=C3SC(=S)N(Cc4ccccc4Cl)C3=O)CC2)cc1. The molecule has 2 aliphatic heterocycles. The second-order valence-electron chi connectivity index (χ2n) is 9.61. The predicted octanol–water partition coefficient (Wildman–Crippen LogP) is 5.08. The van der Waals surface area contributed by atoms with Gasteiger partial charge in [-0.3, -0.25) is 18.9 Å². The third kappa shape index (κ3) is 5.42. The highest BCUT2D eigenvalue weighted by Gasteiger charge is 2.33. The zero-order valence-corrected chi connectivity index (χ0v) is 24.6. The first kappa shape index (κ1) is 27.3. The van der Waals surface area contributed by atoms with Crippen LogP contribution in [0.4, 0.5) is 11.5 Å². The fourth-order valence-electron chi connectivity index (χ4n) is 4.99. The van der Waals surface area contributed by atoms with Crippen LogP contribution in [-0.4, -0.2) is 57.8 Å². The van der Waals surface area contributed by atoms with E-state index in [4.69, 9.17) is 33.5 Å². The molecule has 0 saturated carbocycles. The molecule has 2 saturated heterocycles. The van der Waals surface area contributed by atoms with Crippen LogP contribution in [0.15, 0.2) is 82.6 Å². The fourth-order valence-corrected chi connectivity index (χ4v) is 6.42. The number of thiocarbonyl (C=S) groups is 1. The standard InChI is InChI=1S/C30H26ClN5O3S2/c1-39-22-11-9-21(10-12-22)33-14-16-34(17-15-33)27-23(28(37)35-13-5-4-8-26(35)32-27)18-25-29(38)36(30(40)41-25)19-20-6-2-3-7-24(20)31/h2-13,18H,14-17,19H2,1H3. The van der Waals surface area contributed by atoms with E-state index in [0.717, 1.165) is 30.1 Å². The van der Waals surface area contributed by atoms with Crippen molar-refractivity contribution in [2.24, 2.45) is 0 Å². The Hall–Kier alpha value is -3.86. The van der Waals surface area contributed by atoms with Crippen LogP contribution in [0.1, 0.15) is 11.1 Å². The second-order valence-corrected chi connectivity index (χ2v) is 11.7. The molecule has 0 atom stereocenters. The highest BCUT2D eigenvalue weighted by molar-refractivity contribution is 8.26. The molecule has 0 bridgehead atoms. The molecule has 2 aromatic heterocycles. The van der Waals surface area contributed by atoms with Crippen LogP contribution < -0.4 is 20.1 Å². The van der Waals surface area contributed by atoms with Crippen molar-refractivity contribution in [3.8, 4) is 5.75 Å². The van der Waals surface area contributed by atoms with Crippen LogP contribution in [0.5, 0.6) is 5.75 Å². The summed E-state index contributed by atoms with van der Waals surface area (Å²) in [5.74, 6) is 1.12. The first-order chi connectivity index (χ1) is 19.9. The number of ether oxygens (including phenoxy) is 1. The number of amides is 1. The molecule has 208 valence electrons. The number of anilines is 2. The summed E-state index contributed by atoms with van der Waals surface area (Å²) < 4.78 is 7.21. The zero-order valence-electron chi connectivity index (χ0n) is 22.2. The molecule has 11 heteroatoms. The van der Waals surface area contributed by atoms with E-state index in [2.05, 4.69) is 9.80 Å². The summed E-state index contributed by atoms with van der Waals surface area (Å²) in [5.41, 5.74) is 2.59. The number of benzene rings is 2. The van der Waals surface area contributed by atoms with Crippen LogP contribution in [0.25, 0.3) is 11.7 Å². The average Bonchev–Trinajstić information content (AvgIpc) is 3.27. The van der Waals surface area contributed by atoms with Crippen molar-refractivity contribution in [3.05, 3.63) is 104 Å². The molecule has 6 rings (SSSR count). The lowest BCUT2D eigenvalue weighted by molar-refractivity contribution is -0.122. The van der Waals surface area contributed by atoms with Gasteiger partial charge in [0.05, 0.1) is 24.1 Å². The topological polar surface area (TPSA) is 70.4 Å². The van der Waals surface area contributed by atoms with Crippen molar-refractivity contribution in [1.82, 2.24) is 14.3 Å². The Morgan fingerprint density at radius 1 is 0.976 bits per heavy atom. The first-order valence-corrected chi connectivity index (χ1v) is 14.7. The van der Waals surface area contributed by atoms with Gasteiger partial charge in [-0.15, -0.1) is 0 Å². The smallest absolute Gasteiger partial charge is 0.267 e. The minimum Gasteiger partial charge on any atom is -0.497 e. The monoisotopic (exact) mass is 603 g/mol. The Labute approximate surface area is 251 Å².